The fourth-order valence-electron chi connectivity index (χ4n) is 4.08. The smallest absolute Gasteiger partial charge is 0.255 e. The van der Waals surface area contributed by atoms with Crippen molar-refractivity contribution >= 4 is 23.2 Å². The van der Waals surface area contributed by atoms with Gasteiger partial charge in [-0.1, -0.05) is 0 Å². The zero-order valence-electron chi connectivity index (χ0n) is 14.7. The maximum Gasteiger partial charge on any atom is 0.255 e. The average Bonchev–Trinajstić information content (AvgIpc) is 3.39. The topological polar surface area (TPSA) is 53.5 Å². The molecule has 136 valence electrons. The third-order valence-corrected chi connectivity index (χ3v) is 6.21. The first-order valence-corrected chi connectivity index (χ1v) is 10.2. The summed E-state index contributed by atoms with van der Waals surface area (Å²) >= 11 is 1.69. The Morgan fingerprint density at radius 2 is 1.96 bits per heavy atom. The van der Waals surface area contributed by atoms with E-state index in [9.17, 15) is 9.59 Å². The molecule has 2 aliphatic rings. The Bertz CT molecular complexity index is 755. The molecular weight excluding hydrogens is 346 g/mol. The molecule has 2 amide bonds. The Balaban J connectivity index is 1.37. The molecule has 1 unspecified atom stereocenters. The van der Waals surface area contributed by atoms with Crippen LogP contribution >= 0.6 is 11.3 Å². The standard InChI is InChI=1S/C20H23N3O2S/c24-19(16-3-1-8-21-13-16)22-10-5-15(6-11-22)20(25)23-9-2-4-18(23)17-7-12-26-14-17/h1,3,7-8,12-15,18H,2,4-6,9-11H2. The van der Waals surface area contributed by atoms with Crippen LogP contribution in [0.5, 0.6) is 0 Å². The number of rotatable bonds is 3. The Morgan fingerprint density at radius 3 is 2.65 bits per heavy atom. The molecule has 4 rings (SSSR count). The second kappa shape index (κ2) is 7.58. The van der Waals surface area contributed by atoms with Crippen LogP contribution in [0, 0.1) is 5.92 Å². The van der Waals surface area contributed by atoms with Crippen molar-refractivity contribution in [3.63, 3.8) is 0 Å². The van der Waals surface area contributed by atoms with Crippen molar-refractivity contribution in [1.82, 2.24) is 14.8 Å². The molecule has 26 heavy (non-hydrogen) atoms. The summed E-state index contributed by atoms with van der Waals surface area (Å²) in [6, 6.07) is 5.95. The lowest BCUT2D eigenvalue weighted by Gasteiger charge is -2.35. The van der Waals surface area contributed by atoms with Gasteiger partial charge in [0, 0.05) is 37.9 Å². The average molecular weight is 369 g/mol. The summed E-state index contributed by atoms with van der Waals surface area (Å²) in [4.78, 5) is 33.5. The van der Waals surface area contributed by atoms with Crippen LogP contribution in [0.4, 0.5) is 0 Å². The van der Waals surface area contributed by atoms with E-state index in [4.69, 9.17) is 0 Å². The van der Waals surface area contributed by atoms with E-state index in [0.717, 1.165) is 32.2 Å². The van der Waals surface area contributed by atoms with Gasteiger partial charge in [-0.25, -0.2) is 0 Å². The van der Waals surface area contributed by atoms with E-state index < -0.39 is 0 Å². The Morgan fingerprint density at radius 1 is 1.12 bits per heavy atom. The SMILES string of the molecule is O=C(c1cccnc1)N1CCC(C(=O)N2CCCC2c2ccsc2)CC1. The van der Waals surface area contributed by atoms with Crippen molar-refractivity contribution in [2.75, 3.05) is 19.6 Å². The van der Waals surface area contributed by atoms with Gasteiger partial charge in [0.2, 0.25) is 5.91 Å². The fraction of sp³-hybridized carbons (Fsp3) is 0.450. The van der Waals surface area contributed by atoms with Crippen molar-refractivity contribution in [2.45, 2.75) is 31.7 Å². The van der Waals surface area contributed by atoms with Gasteiger partial charge in [0.05, 0.1) is 11.6 Å². The van der Waals surface area contributed by atoms with Gasteiger partial charge in [-0.3, -0.25) is 14.6 Å². The van der Waals surface area contributed by atoms with Crippen LogP contribution in [0.3, 0.4) is 0 Å². The Kier molecular flexibility index (Phi) is 5.02. The van der Waals surface area contributed by atoms with Crippen LogP contribution in [0.25, 0.3) is 0 Å². The highest BCUT2D eigenvalue weighted by Gasteiger charge is 2.36. The minimum Gasteiger partial charge on any atom is -0.339 e. The number of nitrogens with zero attached hydrogens (tertiary/aromatic N) is 3. The number of pyridine rings is 1. The first-order chi connectivity index (χ1) is 12.7. The van der Waals surface area contributed by atoms with Crippen molar-refractivity contribution in [2.24, 2.45) is 5.92 Å². The Hall–Kier alpha value is -2.21. The van der Waals surface area contributed by atoms with Gasteiger partial charge in [0.1, 0.15) is 0 Å². The molecular formula is C20H23N3O2S. The van der Waals surface area contributed by atoms with Gasteiger partial charge >= 0.3 is 0 Å². The first kappa shape index (κ1) is 17.2. The monoisotopic (exact) mass is 369 g/mol. The summed E-state index contributed by atoms with van der Waals surface area (Å²) in [7, 11) is 0. The van der Waals surface area contributed by atoms with Crippen LogP contribution in [-0.2, 0) is 4.79 Å². The normalized spacial score (nSPS) is 21.2. The fourth-order valence-corrected chi connectivity index (χ4v) is 4.78. The van der Waals surface area contributed by atoms with Crippen LogP contribution < -0.4 is 0 Å². The second-order valence-corrected chi connectivity index (χ2v) is 7.83. The lowest BCUT2D eigenvalue weighted by atomic mass is 9.94. The van der Waals surface area contributed by atoms with E-state index in [1.807, 2.05) is 4.90 Å². The largest absolute Gasteiger partial charge is 0.339 e. The number of amides is 2. The zero-order valence-corrected chi connectivity index (χ0v) is 15.5. The van der Waals surface area contributed by atoms with E-state index in [0.29, 0.717) is 18.7 Å². The summed E-state index contributed by atoms with van der Waals surface area (Å²) in [6.07, 6.45) is 6.90. The highest BCUT2D eigenvalue weighted by atomic mass is 32.1. The number of thiophene rings is 1. The van der Waals surface area contributed by atoms with E-state index in [-0.39, 0.29) is 23.8 Å². The predicted molar refractivity (Wildman–Crippen MR) is 101 cm³/mol. The maximum absolute atomic E-state index is 13.1. The highest BCUT2D eigenvalue weighted by molar-refractivity contribution is 7.08. The maximum atomic E-state index is 13.1. The number of hydrogen-bond acceptors (Lipinski definition) is 4. The molecule has 0 aromatic carbocycles. The number of carbonyl (C=O) groups is 2. The lowest BCUT2D eigenvalue weighted by Crippen LogP contribution is -2.44. The lowest BCUT2D eigenvalue weighted by molar-refractivity contribution is -0.137. The van der Waals surface area contributed by atoms with Crippen molar-refractivity contribution < 1.29 is 9.59 Å². The molecule has 2 aromatic rings. The van der Waals surface area contributed by atoms with E-state index in [1.54, 1.807) is 35.9 Å². The second-order valence-electron chi connectivity index (χ2n) is 7.05. The minimum atomic E-state index is 0.0151. The van der Waals surface area contributed by atoms with Crippen LogP contribution in [0.2, 0.25) is 0 Å². The van der Waals surface area contributed by atoms with Crippen molar-refractivity contribution in [3.8, 4) is 0 Å². The number of hydrogen-bond donors (Lipinski definition) is 0. The van der Waals surface area contributed by atoms with E-state index >= 15 is 0 Å². The van der Waals surface area contributed by atoms with Gasteiger partial charge in [-0.15, -0.1) is 0 Å². The third kappa shape index (κ3) is 3.38. The number of carbonyl (C=O) groups excluding carboxylic acids is 2. The predicted octanol–water partition coefficient (Wildman–Crippen LogP) is 3.36. The molecule has 2 saturated heterocycles. The molecule has 0 N–H and O–H groups in total. The number of piperidine rings is 1. The van der Waals surface area contributed by atoms with Gasteiger partial charge in [-0.2, -0.15) is 11.3 Å². The van der Waals surface area contributed by atoms with Crippen LogP contribution in [0.1, 0.15) is 47.6 Å². The molecule has 0 spiro atoms. The van der Waals surface area contributed by atoms with E-state index in [1.165, 1.54) is 5.56 Å². The molecule has 0 saturated carbocycles. The molecule has 0 radical (unpaired) electrons. The van der Waals surface area contributed by atoms with E-state index in [2.05, 4.69) is 26.7 Å². The molecule has 0 bridgehead atoms. The minimum absolute atomic E-state index is 0.0151. The summed E-state index contributed by atoms with van der Waals surface area (Å²) in [5.41, 5.74) is 1.89. The highest BCUT2D eigenvalue weighted by Crippen LogP contribution is 2.35. The van der Waals surface area contributed by atoms with Crippen molar-refractivity contribution in [1.29, 1.82) is 0 Å². The first-order valence-electron chi connectivity index (χ1n) is 9.26. The molecule has 0 aliphatic carbocycles. The molecule has 2 aromatic heterocycles. The molecule has 6 heteroatoms. The summed E-state index contributed by atoms with van der Waals surface area (Å²) < 4.78 is 0. The van der Waals surface area contributed by atoms with Crippen LogP contribution in [-0.4, -0.2) is 46.2 Å². The third-order valence-electron chi connectivity index (χ3n) is 5.50. The molecule has 4 heterocycles. The van der Waals surface area contributed by atoms with Gasteiger partial charge in [0.15, 0.2) is 0 Å². The summed E-state index contributed by atoms with van der Waals surface area (Å²) in [5.74, 6) is 0.320. The molecule has 1 atom stereocenters. The number of likely N-dealkylation sites (tertiary alicyclic amines) is 2. The Labute approximate surface area is 157 Å². The van der Waals surface area contributed by atoms with Gasteiger partial charge in [0.25, 0.3) is 5.91 Å². The van der Waals surface area contributed by atoms with Gasteiger partial charge in [-0.05, 0) is 60.2 Å². The quantitative estimate of drug-likeness (QED) is 0.834. The molecule has 2 aliphatic heterocycles. The molecule has 5 nitrogen and oxygen atoms in total. The zero-order chi connectivity index (χ0) is 17.9. The summed E-state index contributed by atoms with van der Waals surface area (Å²) in [5, 5.41) is 4.24. The van der Waals surface area contributed by atoms with Crippen LogP contribution in [0.15, 0.2) is 41.4 Å². The van der Waals surface area contributed by atoms with Gasteiger partial charge < -0.3 is 9.80 Å². The molecule has 2 fully saturated rings. The number of aromatic nitrogens is 1. The summed E-state index contributed by atoms with van der Waals surface area (Å²) in [6.45, 7) is 2.14. The van der Waals surface area contributed by atoms with Crippen molar-refractivity contribution in [3.05, 3.63) is 52.5 Å².